The molecule has 0 aliphatic heterocycles. The third kappa shape index (κ3) is 6.11. The van der Waals surface area contributed by atoms with Crippen LogP contribution in [0.15, 0.2) is 194 Å². The highest BCUT2D eigenvalue weighted by atomic mass is 15.2. The van der Waals surface area contributed by atoms with Gasteiger partial charge >= 0.3 is 0 Å². The Morgan fingerprint density at radius 2 is 0.691 bits per heavy atom. The van der Waals surface area contributed by atoms with E-state index in [2.05, 4.69) is 120 Å². The van der Waals surface area contributed by atoms with E-state index in [9.17, 15) is 0 Å². The third-order valence-corrected chi connectivity index (χ3v) is 9.90. The highest BCUT2D eigenvalue weighted by Gasteiger charge is 2.18. The molecule has 0 aliphatic carbocycles. The van der Waals surface area contributed by atoms with Gasteiger partial charge < -0.3 is 0 Å². The Bertz CT molecular complexity index is 2850. The summed E-state index contributed by atoms with van der Waals surface area (Å²) in [5.41, 5.74) is 10.8. The number of nitrogens with zero attached hydrogens (tertiary/aromatic N) is 6. The smallest absolute Gasteiger partial charge is 0.238 e. The highest BCUT2D eigenvalue weighted by molar-refractivity contribution is 6.09. The molecular formula is C49H32N6. The quantitative estimate of drug-likeness (QED) is 0.165. The lowest BCUT2D eigenvalue weighted by Crippen LogP contribution is -2.06. The van der Waals surface area contributed by atoms with Gasteiger partial charge in [0.05, 0.1) is 22.4 Å². The van der Waals surface area contributed by atoms with E-state index < -0.39 is 0 Å². The molecule has 6 heteroatoms. The van der Waals surface area contributed by atoms with Crippen LogP contribution in [0.25, 0.3) is 95.6 Å². The van der Waals surface area contributed by atoms with Crippen molar-refractivity contribution in [1.82, 2.24) is 29.5 Å². The molecule has 0 amide bonds. The molecule has 7 aromatic carbocycles. The van der Waals surface area contributed by atoms with Crippen LogP contribution in [0.1, 0.15) is 0 Å². The number of benzene rings is 7. The Labute approximate surface area is 318 Å². The second-order valence-electron chi connectivity index (χ2n) is 13.4. The van der Waals surface area contributed by atoms with Gasteiger partial charge in [0, 0.05) is 38.6 Å². The number of para-hydroxylation sites is 2. The molecule has 0 N–H and O–H groups in total. The Morgan fingerprint density at radius 1 is 0.273 bits per heavy atom. The van der Waals surface area contributed by atoms with Gasteiger partial charge in [0.25, 0.3) is 0 Å². The first-order chi connectivity index (χ1) is 27.2. The van der Waals surface area contributed by atoms with Gasteiger partial charge in [0.1, 0.15) is 0 Å². The van der Waals surface area contributed by atoms with E-state index in [1.54, 1.807) is 0 Å². The lowest BCUT2D eigenvalue weighted by Gasteiger charge is -2.12. The molecule has 3 heterocycles. The van der Waals surface area contributed by atoms with Gasteiger partial charge in [-0.05, 0) is 35.4 Å². The van der Waals surface area contributed by atoms with E-state index in [1.165, 1.54) is 0 Å². The molecule has 0 radical (unpaired) electrons. The molecule has 6 nitrogen and oxygen atoms in total. The number of fused-ring (bicyclic) bond motifs is 3. The lowest BCUT2D eigenvalue weighted by atomic mass is 10.00. The van der Waals surface area contributed by atoms with Crippen LogP contribution < -0.4 is 0 Å². The maximum absolute atomic E-state index is 5.15. The van der Waals surface area contributed by atoms with Crippen LogP contribution in [0.3, 0.4) is 0 Å². The minimum Gasteiger partial charge on any atom is -0.278 e. The maximum Gasteiger partial charge on any atom is 0.238 e. The summed E-state index contributed by atoms with van der Waals surface area (Å²) in [4.78, 5) is 25.2. The average Bonchev–Trinajstić information content (AvgIpc) is 3.61. The van der Waals surface area contributed by atoms with Crippen molar-refractivity contribution in [3.8, 4) is 73.8 Å². The van der Waals surface area contributed by atoms with Crippen LogP contribution in [0.5, 0.6) is 0 Å². The zero-order valence-electron chi connectivity index (χ0n) is 29.7. The van der Waals surface area contributed by atoms with Crippen molar-refractivity contribution >= 4 is 21.8 Å². The van der Waals surface area contributed by atoms with Gasteiger partial charge in [-0.25, -0.2) is 15.0 Å². The van der Waals surface area contributed by atoms with Crippen molar-refractivity contribution in [1.29, 1.82) is 0 Å². The second kappa shape index (κ2) is 13.8. The van der Waals surface area contributed by atoms with Crippen LogP contribution in [0.4, 0.5) is 0 Å². The van der Waals surface area contributed by atoms with Crippen molar-refractivity contribution in [2.45, 2.75) is 0 Å². The lowest BCUT2D eigenvalue weighted by molar-refractivity contribution is 0.953. The van der Waals surface area contributed by atoms with E-state index in [-0.39, 0.29) is 0 Å². The van der Waals surface area contributed by atoms with Crippen LogP contribution in [0, 0.1) is 0 Å². The van der Waals surface area contributed by atoms with Crippen LogP contribution in [-0.2, 0) is 0 Å². The van der Waals surface area contributed by atoms with Crippen molar-refractivity contribution in [2.75, 3.05) is 0 Å². The van der Waals surface area contributed by atoms with Gasteiger partial charge in [-0.1, -0.05) is 170 Å². The molecule has 3 aromatic heterocycles. The van der Waals surface area contributed by atoms with Crippen molar-refractivity contribution in [2.24, 2.45) is 0 Å². The number of hydrogen-bond donors (Lipinski definition) is 0. The fourth-order valence-corrected chi connectivity index (χ4v) is 7.19. The van der Waals surface area contributed by atoms with Crippen LogP contribution in [0.2, 0.25) is 0 Å². The summed E-state index contributed by atoms with van der Waals surface area (Å²) in [7, 11) is 0. The minimum atomic E-state index is 0.575. The molecule has 0 unspecified atom stereocenters. The highest BCUT2D eigenvalue weighted by Crippen LogP contribution is 2.34. The SMILES string of the molecule is c1ccc(-c2cc(-c3ccc(-c4cccc(-c5nc(-c6ccccc6)nc(-n6c7ccccc7c7ccccc76)n5)c4)cc3)nc(-c3ccccc3)n2)cc1. The third-order valence-electron chi connectivity index (χ3n) is 9.90. The summed E-state index contributed by atoms with van der Waals surface area (Å²) >= 11 is 0. The van der Waals surface area contributed by atoms with Crippen molar-refractivity contribution in [3.05, 3.63) is 194 Å². The Balaban J connectivity index is 1.05. The van der Waals surface area contributed by atoms with E-state index >= 15 is 0 Å². The fraction of sp³-hybridized carbons (Fsp3) is 0. The molecule has 0 bridgehead atoms. The van der Waals surface area contributed by atoms with Gasteiger partial charge in [0.15, 0.2) is 17.5 Å². The van der Waals surface area contributed by atoms with Crippen LogP contribution in [-0.4, -0.2) is 29.5 Å². The molecule has 10 aromatic rings. The summed E-state index contributed by atoms with van der Waals surface area (Å²) in [5, 5.41) is 2.31. The normalized spacial score (nSPS) is 11.3. The van der Waals surface area contributed by atoms with E-state index in [0.29, 0.717) is 23.4 Å². The van der Waals surface area contributed by atoms with Gasteiger partial charge in [-0.15, -0.1) is 0 Å². The summed E-state index contributed by atoms with van der Waals surface area (Å²) in [6, 6.07) is 66.3. The number of rotatable bonds is 7. The Morgan fingerprint density at radius 3 is 1.27 bits per heavy atom. The summed E-state index contributed by atoms with van der Waals surface area (Å²) in [6.45, 7) is 0. The molecule has 0 fully saturated rings. The van der Waals surface area contributed by atoms with Gasteiger partial charge in [-0.2, -0.15) is 9.97 Å². The minimum absolute atomic E-state index is 0.575. The largest absolute Gasteiger partial charge is 0.278 e. The zero-order valence-corrected chi connectivity index (χ0v) is 29.7. The average molecular weight is 705 g/mol. The Hall–Kier alpha value is -7.57. The molecule has 0 saturated heterocycles. The summed E-state index contributed by atoms with van der Waals surface area (Å²) < 4.78 is 2.14. The predicted octanol–water partition coefficient (Wildman–Crippen LogP) is 11.8. The van der Waals surface area contributed by atoms with Gasteiger partial charge in [-0.3, -0.25) is 4.57 Å². The fourth-order valence-electron chi connectivity index (χ4n) is 7.19. The first-order valence-corrected chi connectivity index (χ1v) is 18.3. The molecule has 10 rings (SSSR count). The monoisotopic (exact) mass is 704 g/mol. The molecule has 0 spiro atoms. The molecule has 0 saturated carbocycles. The van der Waals surface area contributed by atoms with Crippen molar-refractivity contribution < 1.29 is 0 Å². The molecule has 258 valence electrons. The molecule has 0 atom stereocenters. The van der Waals surface area contributed by atoms with E-state index in [4.69, 9.17) is 24.9 Å². The van der Waals surface area contributed by atoms with Crippen molar-refractivity contribution in [3.63, 3.8) is 0 Å². The van der Waals surface area contributed by atoms with Crippen LogP contribution >= 0.6 is 0 Å². The standard InChI is InChI=1S/C49H32N6/c1-4-15-34(16-5-1)42-32-43(51-46(50-42)36-17-6-2-7-18-36)35-29-27-33(28-30-35)38-21-14-22-39(31-38)48-52-47(37-19-8-3-9-20-37)53-49(54-48)55-44-25-12-10-23-40(44)41-24-11-13-26-45(41)55/h1-32H. The summed E-state index contributed by atoms with van der Waals surface area (Å²) in [6.07, 6.45) is 0. The van der Waals surface area contributed by atoms with E-state index in [1.807, 2.05) is 78.9 Å². The first kappa shape index (κ1) is 32.1. The molecular weight excluding hydrogens is 673 g/mol. The molecule has 55 heavy (non-hydrogen) atoms. The van der Waals surface area contributed by atoms with E-state index in [0.717, 1.165) is 72.1 Å². The number of hydrogen-bond acceptors (Lipinski definition) is 5. The topological polar surface area (TPSA) is 69.4 Å². The molecule has 0 aliphatic rings. The van der Waals surface area contributed by atoms with Gasteiger partial charge in [0.2, 0.25) is 5.95 Å². The zero-order chi connectivity index (χ0) is 36.6. The Kier molecular flexibility index (Phi) is 8.04. The first-order valence-electron chi connectivity index (χ1n) is 18.3. The second-order valence-corrected chi connectivity index (χ2v) is 13.4. The maximum atomic E-state index is 5.15. The number of aromatic nitrogens is 6. The summed E-state index contributed by atoms with van der Waals surface area (Å²) in [5.74, 6) is 2.49. The predicted molar refractivity (Wildman–Crippen MR) is 222 cm³/mol.